The van der Waals surface area contributed by atoms with Crippen LogP contribution in [0.5, 0.6) is 5.75 Å². The Morgan fingerprint density at radius 1 is 1.46 bits per heavy atom. The maximum absolute atomic E-state index is 5.84. The SMILES string of the molecule is COc1cccc2c(N)c(S)sc12. The third-order valence-electron chi connectivity index (χ3n) is 1.92. The van der Waals surface area contributed by atoms with E-state index in [1.54, 1.807) is 18.4 Å². The van der Waals surface area contributed by atoms with Gasteiger partial charge >= 0.3 is 0 Å². The molecule has 2 rings (SSSR count). The maximum atomic E-state index is 5.84. The summed E-state index contributed by atoms with van der Waals surface area (Å²) in [7, 11) is 1.66. The van der Waals surface area contributed by atoms with E-state index < -0.39 is 0 Å². The first-order valence-electron chi connectivity index (χ1n) is 3.78. The Bertz CT molecular complexity index is 450. The Labute approximate surface area is 85.7 Å². The van der Waals surface area contributed by atoms with Crippen LogP contribution in [0.3, 0.4) is 0 Å². The molecule has 0 saturated carbocycles. The maximum Gasteiger partial charge on any atom is 0.136 e. The van der Waals surface area contributed by atoms with E-state index in [2.05, 4.69) is 12.6 Å². The van der Waals surface area contributed by atoms with Gasteiger partial charge in [0.2, 0.25) is 0 Å². The number of thiophene rings is 1. The third-order valence-corrected chi connectivity index (χ3v) is 3.47. The van der Waals surface area contributed by atoms with E-state index in [0.29, 0.717) is 0 Å². The molecule has 1 heterocycles. The molecule has 1 aromatic carbocycles. The van der Waals surface area contributed by atoms with E-state index in [-0.39, 0.29) is 0 Å². The molecule has 2 N–H and O–H groups in total. The summed E-state index contributed by atoms with van der Waals surface area (Å²) in [5, 5.41) is 1.02. The fourth-order valence-corrected chi connectivity index (χ4v) is 2.61. The van der Waals surface area contributed by atoms with E-state index >= 15 is 0 Å². The van der Waals surface area contributed by atoms with Gasteiger partial charge in [0.25, 0.3) is 0 Å². The monoisotopic (exact) mass is 211 g/mol. The molecule has 0 fully saturated rings. The number of rotatable bonds is 1. The lowest BCUT2D eigenvalue weighted by atomic mass is 10.2. The summed E-state index contributed by atoms with van der Waals surface area (Å²) in [4.78, 5) is 0. The summed E-state index contributed by atoms with van der Waals surface area (Å²) in [6.45, 7) is 0. The Balaban J connectivity index is 2.84. The number of nitrogen functional groups attached to an aromatic ring is 1. The summed E-state index contributed by atoms with van der Waals surface area (Å²) >= 11 is 5.82. The van der Waals surface area contributed by atoms with Crippen LogP contribution in [0.2, 0.25) is 0 Å². The first-order chi connectivity index (χ1) is 6.24. The Morgan fingerprint density at radius 2 is 2.23 bits per heavy atom. The molecule has 0 unspecified atom stereocenters. The van der Waals surface area contributed by atoms with Gasteiger partial charge in [-0.15, -0.1) is 24.0 Å². The van der Waals surface area contributed by atoms with Crippen LogP contribution in [0, 0.1) is 0 Å². The molecule has 0 bridgehead atoms. The number of ether oxygens (including phenoxy) is 1. The van der Waals surface area contributed by atoms with Gasteiger partial charge in [0.05, 0.1) is 21.7 Å². The molecule has 68 valence electrons. The van der Waals surface area contributed by atoms with Crippen molar-refractivity contribution in [2.24, 2.45) is 0 Å². The lowest BCUT2D eigenvalue weighted by molar-refractivity contribution is 0.420. The Morgan fingerprint density at radius 3 is 2.92 bits per heavy atom. The molecular formula is C9H9NOS2. The number of fused-ring (bicyclic) bond motifs is 1. The summed E-state index contributed by atoms with van der Waals surface area (Å²) in [5.74, 6) is 0.856. The van der Waals surface area contributed by atoms with Crippen molar-refractivity contribution in [3.63, 3.8) is 0 Å². The second-order valence-electron chi connectivity index (χ2n) is 2.66. The van der Waals surface area contributed by atoms with Crippen LogP contribution in [0.1, 0.15) is 0 Å². The summed E-state index contributed by atoms with van der Waals surface area (Å²) in [5.41, 5.74) is 6.58. The first-order valence-corrected chi connectivity index (χ1v) is 5.04. The zero-order valence-electron chi connectivity index (χ0n) is 7.07. The second-order valence-corrected chi connectivity index (χ2v) is 4.43. The molecule has 0 aliphatic carbocycles. The molecule has 0 spiro atoms. The van der Waals surface area contributed by atoms with E-state index in [9.17, 15) is 0 Å². The normalized spacial score (nSPS) is 10.6. The van der Waals surface area contributed by atoms with Crippen molar-refractivity contribution in [3.8, 4) is 5.75 Å². The van der Waals surface area contributed by atoms with Crippen LogP contribution in [0.25, 0.3) is 10.1 Å². The number of benzene rings is 1. The van der Waals surface area contributed by atoms with Gasteiger partial charge in [-0.05, 0) is 6.07 Å². The highest BCUT2D eigenvalue weighted by atomic mass is 32.2. The number of thiol groups is 1. The Hall–Kier alpha value is -0.870. The minimum Gasteiger partial charge on any atom is -0.495 e. The number of hydrogen-bond acceptors (Lipinski definition) is 4. The van der Waals surface area contributed by atoms with Gasteiger partial charge in [0.15, 0.2) is 0 Å². The van der Waals surface area contributed by atoms with Gasteiger partial charge in [-0.3, -0.25) is 0 Å². The first kappa shape index (κ1) is 8.72. The van der Waals surface area contributed by atoms with Gasteiger partial charge in [-0.1, -0.05) is 12.1 Å². The van der Waals surface area contributed by atoms with Gasteiger partial charge < -0.3 is 10.5 Å². The minimum atomic E-state index is 0.738. The highest BCUT2D eigenvalue weighted by molar-refractivity contribution is 7.83. The average molecular weight is 211 g/mol. The van der Waals surface area contributed by atoms with Crippen LogP contribution >= 0.6 is 24.0 Å². The molecule has 4 heteroatoms. The van der Waals surface area contributed by atoms with Crippen molar-refractivity contribution in [1.29, 1.82) is 0 Å². The fraction of sp³-hybridized carbons (Fsp3) is 0.111. The van der Waals surface area contributed by atoms with Crippen molar-refractivity contribution in [2.45, 2.75) is 4.21 Å². The van der Waals surface area contributed by atoms with Gasteiger partial charge in [0.1, 0.15) is 5.75 Å². The zero-order chi connectivity index (χ0) is 9.42. The minimum absolute atomic E-state index is 0.738. The molecule has 0 radical (unpaired) electrons. The molecule has 0 amide bonds. The lowest BCUT2D eigenvalue weighted by Gasteiger charge is -1.99. The van der Waals surface area contributed by atoms with Crippen molar-refractivity contribution in [1.82, 2.24) is 0 Å². The molecule has 0 aliphatic heterocycles. The number of anilines is 1. The van der Waals surface area contributed by atoms with Crippen LogP contribution in [-0.4, -0.2) is 7.11 Å². The number of hydrogen-bond donors (Lipinski definition) is 2. The van der Waals surface area contributed by atoms with E-state index in [1.807, 2.05) is 18.2 Å². The zero-order valence-corrected chi connectivity index (χ0v) is 8.78. The van der Waals surface area contributed by atoms with Crippen LogP contribution in [-0.2, 0) is 0 Å². The number of methoxy groups -OCH3 is 1. The van der Waals surface area contributed by atoms with E-state index in [1.165, 1.54) is 0 Å². The lowest BCUT2D eigenvalue weighted by Crippen LogP contribution is -1.84. The van der Waals surface area contributed by atoms with E-state index in [0.717, 1.165) is 25.7 Å². The standard InChI is InChI=1S/C9H9NOS2/c1-11-6-4-2-3-5-7(10)9(12)13-8(5)6/h2-4,12H,10H2,1H3. The molecular weight excluding hydrogens is 202 g/mol. The molecule has 2 aromatic rings. The summed E-state index contributed by atoms with van der Waals surface area (Å²) in [6, 6.07) is 5.83. The van der Waals surface area contributed by atoms with Gasteiger partial charge in [-0.25, -0.2) is 0 Å². The van der Waals surface area contributed by atoms with Gasteiger partial charge in [-0.2, -0.15) is 0 Å². The molecule has 0 aliphatic rings. The largest absolute Gasteiger partial charge is 0.495 e. The van der Waals surface area contributed by atoms with Crippen molar-refractivity contribution < 1.29 is 4.74 Å². The van der Waals surface area contributed by atoms with Crippen LogP contribution in [0.4, 0.5) is 5.69 Å². The van der Waals surface area contributed by atoms with E-state index in [4.69, 9.17) is 10.5 Å². The second kappa shape index (κ2) is 3.12. The molecule has 1 aromatic heterocycles. The topological polar surface area (TPSA) is 35.2 Å². The predicted octanol–water partition coefficient (Wildman–Crippen LogP) is 2.78. The van der Waals surface area contributed by atoms with Gasteiger partial charge in [0, 0.05) is 5.39 Å². The highest BCUT2D eigenvalue weighted by Gasteiger charge is 2.09. The molecule has 2 nitrogen and oxygen atoms in total. The van der Waals surface area contributed by atoms with Crippen LogP contribution in [0.15, 0.2) is 22.4 Å². The Kier molecular flexibility index (Phi) is 2.09. The van der Waals surface area contributed by atoms with Crippen molar-refractivity contribution in [2.75, 3.05) is 12.8 Å². The van der Waals surface area contributed by atoms with Crippen molar-refractivity contribution in [3.05, 3.63) is 18.2 Å². The number of nitrogens with two attached hydrogens (primary N) is 1. The van der Waals surface area contributed by atoms with Crippen molar-refractivity contribution >= 4 is 39.7 Å². The highest BCUT2D eigenvalue weighted by Crippen LogP contribution is 2.40. The quantitative estimate of drug-likeness (QED) is 0.711. The predicted molar refractivity (Wildman–Crippen MR) is 60.0 cm³/mol. The fourth-order valence-electron chi connectivity index (χ4n) is 1.26. The summed E-state index contributed by atoms with van der Waals surface area (Å²) < 4.78 is 7.13. The van der Waals surface area contributed by atoms with Crippen LogP contribution < -0.4 is 10.5 Å². The third kappa shape index (κ3) is 1.26. The smallest absolute Gasteiger partial charge is 0.136 e. The average Bonchev–Trinajstić information content (AvgIpc) is 2.43. The summed E-state index contributed by atoms with van der Waals surface area (Å²) in [6.07, 6.45) is 0. The molecule has 0 saturated heterocycles. The molecule has 13 heavy (non-hydrogen) atoms. The molecule has 0 atom stereocenters.